The molecule has 1 aliphatic carbocycles. The summed E-state index contributed by atoms with van der Waals surface area (Å²) in [6, 6.07) is 10.2. The van der Waals surface area contributed by atoms with E-state index >= 15 is 0 Å². The summed E-state index contributed by atoms with van der Waals surface area (Å²) in [4.78, 5) is 16.9. The molecular formula is C26H28Br2N2O2. The Balaban J connectivity index is 1.57. The molecule has 0 atom stereocenters. The van der Waals surface area contributed by atoms with Gasteiger partial charge in [-0.3, -0.25) is 4.79 Å². The topological polar surface area (TPSA) is 55.1 Å². The van der Waals surface area contributed by atoms with Crippen LogP contribution in [0.4, 0.5) is 5.82 Å². The fourth-order valence-corrected chi connectivity index (χ4v) is 5.50. The van der Waals surface area contributed by atoms with Crippen molar-refractivity contribution in [2.24, 2.45) is 0 Å². The molecule has 1 aliphatic rings. The third kappa shape index (κ3) is 4.58. The minimum atomic E-state index is -0.322. The van der Waals surface area contributed by atoms with Crippen LogP contribution in [0.3, 0.4) is 0 Å². The third-order valence-electron chi connectivity index (χ3n) is 6.60. The zero-order valence-electron chi connectivity index (χ0n) is 19.1. The number of nitrogens with zero attached hydrogens (tertiary/aromatic N) is 1. The smallest absolute Gasteiger partial charge is 0.292 e. The van der Waals surface area contributed by atoms with Gasteiger partial charge in [-0.15, -0.1) is 0 Å². The van der Waals surface area contributed by atoms with E-state index in [1.165, 1.54) is 35.1 Å². The minimum absolute atomic E-state index is 0.159. The van der Waals surface area contributed by atoms with Gasteiger partial charge in [-0.05, 0) is 103 Å². The van der Waals surface area contributed by atoms with Crippen molar-refractivity contribution in [3.8, 4) is 0 Å². The molecule has 4 rings (SSSR count). The van der Waals surface area contributed by atoms with Crippen molar-refractivity contribution in [3.63, 3.8) is 0 Å². The summed E-state index contributed by atoms with van der Waals surface area (Å²) < 4.78 is 7.44. The molecule has 0 bridgehead atoms. The number of amides is 1. The predicted octanol–water partition coefficient (Wildman–Crippen LogP) is 7.70. The molecule has 1 aromatic carbocycles. The summed E-state index contributed by atoms with van der Waals surface area (Å²) in [5, 5.41) is 2.79. The minimum Gasteiger partial charge on any atom is -0.456 e. The lowest BCUT2D eigenvalue weighted by Crippen LogP contribution is -2.34. The molecule has 6 heteroatoms. The summed E-state index contributed by atoms with van der Waals surface area (Å²) in [7, 11) is 0. The van der Waals surface area contributed by atoms with Gasteiger partial charge < -0.3 is 9.73 Å². The molecule has 32 heavy (non-hydrogen) atoms. The highest BCUT2D eigenvalue weighted by Gasteiger charge is 2.37. The molecule has 0 unspecified atom stereocenters. The molecule has 0 saturated carbocycles. The van der Waals surface area contributed by atoms with Crippen LogP contribution in [0.15, 0.2) is 49.9 Å². The van der Waals surface area contributed by atoms with E-state index < -0.39 is 0 Å². The molecule has 2 aromatic heterocycles. The number of carbonyl (C=O) groups is 1. The predicted molar refractivity (Wildman–Crippen MR) is 136 cm³/mol. The Morgan fingerprint density at radius 2 is 1.72 bits per heavy atom. The number of nitrogens with one attached hydrogen (secondary N) is 1. The standard InChI is InChI=1S/C26H28Br2N2O2/c1-15-10-19-20(26(4,5)9-8-25(19,2)3)12-16(15)11-18-6-7-22(32-18)24(31)30-23-21(28)13-17(27)14-29-23/h6-7,10,12-14H,8-9,11H2,1-5H3,(H,29,30,31). The van der Waals surface area contributed by atoms with Crippen molar-refractivity contribution in [3.05, 3.63) is 79.2 Å². The van der Waals surface area contributed by atoms with E-state index in [2.05, 4.69) is 88.9 Å². The molecule has 168 valence electrons. The summed E-state index contributed by atoms with van der Waals surface area (Å²) in [5.74, 6) is 1.17. The number of aryl methyl sites for hydroxylation is 1. The van der Waals surface area contributed by atoms with Gasteiger partial charge in [-0.2, -0.15) is 0 Å². The van der Waals surface area contributed by atoms with E-state index in [0.29, 0.717) is 16.7 Å². The van der Waals surface area contributed by atoms with E-state index in [1.54, 1.807) is 12.3 Å². The molecule has 0 fully saturated rings. The van der Waals surface area contributed by atoms with Crippen LogP contribution in [0.5, 0.6) is 0 Å². The molecule has 0 aliphatic heterocycles. The van der Waals surface area contributed by atoms with Crippen LogP contribution in [0.2, 0.25) is 0 Å². The van der Waals surface area contributed by atoms with Crippen LogP contribution in [-0.2, 0) is 17.3 Å². The summed E-state index contributed by atoms with van der Waals surface area (Å²) in [6.45, 7) is 11.5. The zero-order valence-corrected chi connectivity index (χ0v) is 22.3. The molecule has 0 saturated heterocycles. The number of carbonyl (C=O) groups excluding carboxylic acids is 1. The van der Waals surface area contributed by atoms with E-state index in [9.17, 15) is 4.79 Å². The average molecular weight is 560 g/mol. The lowest BCUT2D eigenvalue weighted by atomic mass is 9.62. The first-order valence-electron chi connectivity index (χ1n) is 10.8. The Labute approximate surface area is 206 Å². The second-order valence-corrected chi connectivity index (χ2v) is 11.7. The van der Waals surface area contributed by atoms with E-state index in [1.807, 2.05) is 12.1 Å². The Bertz CT molecular complexity index is 1190. The largest absolute Gasteiger partial charge is 0.456 e. The van der Waals surface area contributed by atoms with Crippen molar-refractivity contribution in [2.75, 3.05) is 5.32 Å². The number of hydrogen-bond donors (Lipinski definition) is 1. The zero-order chi connectivity index (χ0) is 23.3. The number of pyridine rings is 1. The van der Waals surface area contributed by atoms with Gasteiger partial charge in [0.1, 0.15) is 11.6 Å². The molecule has 0 radical (unpaired) electrons. The van der Waals surface area contributed by atoms with Gasteiger partial charge in [0.2, 0.25) is 0 Å². The monoisotopic (exact) mass is 558 g/mol. The first kappa shape index (κ1) is 23.2. The second kappa shape index (κ2) is 8.45. The van der Waals surface area contributed by atoms with Crippen molar-refractivity contribution >= 4 is 43.6 Å². The maximum Gasteiger partial charge on any atom is 0.292 e. The Hall–Kier alpha value is -1.92. The summed E-state index contributed by atoms with van der Waals surface area (Å²) >= 11 is 6.78. The maximum absolute atomic E-state index is 12.7. The van der Waals surface area contributed by atoms with Gasteiger partial charge in [0.05, 0.1) is 4.47 Å². The average Bonchev–Trinajstić information content (AvgIpc) is 3.18. The van der Waals surface area contributed by atoms with Crippen LogP contribution in [0, 0.1) is 6.92 Å². The number of halogens is 2. The van der Waals surface area contributed by atoms with Crippen molar-refractivity contribution in [1.29, 1.82) is 0 Å². The Morgan fingerprint density at radius 1 is 1.06 bits per heavy atom. The normalized spacial score (nSPS) is 16.5. The molecular weight excluding hydrogens is 532 g/mol. The van der Waals surface area contributed by atoms with Crippen LogP contribution < -0.4 is 5.32 Å². The highest BCUT2D eigenvalue weighted by molar-refractivity contribution is 9.11. The highest BCUT2D eigenvalue weighted by atomic mass is 79.9. The third-order valence-corrected chi connectivity index (χ3v) is 7.64. The van der Waals surface area contributed by atoms with Crippen LogP contribution in [0.1, 0.15) is 79.1 Å². The van der Waals surface area contributed by atoms with Crippen LogP contribution >= 0.6 is 31.9 Å². The Morgan fingerprint density at radius 3 is 2.38 bits per heavy atom. The molecule has 2 heterocycles. The SMILES string of the molecule is Cc1cc2c(cc1Cc1ccc(C(=O)Nc3ncc(Br)cc3Br)o1)C(C)(C)CCC2(C)C. The second-order valence-electron chi connectivity index (χ2n) is 9.97. The van der Waals surface area contributed by atoms with E-state index in [0.717, 1.165) is 10.2 Å². The number of rotatable bonds is 4. The maximum atomic E-state index is 12.7. The van der Waals surface area contributed by atoms with Crippen molar-refractivity contribution < 1.29 is 9.21 Å². The number of hydrogen-bond acceptors (Lipinski definition) is 3. The van der Waals surface area contributed by atoms with Gasteiger partial charge in [0.15, 0.2) is 5.76 Å². The van der Waals surface area contributed by atoms with E-state index in [-0.39, 0.29) is 22.5 Å². The molecule has 1 amide bonds. The van der Waals surface area contributed by atoms with E-state index in [4.69, 9.17) is 4.42 Å². The Kier molecular flexibility index (Phi) is 6.14. The van der Waals surface area contributed by atoms with Crippen molar-refractivity contribution in [2.45, 2.75) is 64.7 Å². The van der Waals surface area contributed by atoms with Crippen LogP contribution in [-0.4, -0.2) is 10.9 Å². The van der Waals surface area contributed by atoms with Gasteiger partial charge in [0.25, 0.3) is 5.91 Å². The fourth-order valence-electron chi connectivity index (χ4n) is 4.42. The first-order chi connectivity index (χ1) is 15.0. The lowest BCUT2D eigenvalue weighted by Gasteiger charge is -2.42. The van der Waals surface area contributed by atoms with Crippen LogP contribution in [0.25, 0.3) is 0 Å². The molecule has 1 N–H and O–H groups in total. The molecule has 3 aromatic rings. The fraction of sp³-hybridized carbons (Fsp3) is 0.385. The summed E-state index contributed by atoms with van der Waals surface area (Å²) in [5.41, 5.74) is 5.76. The summed E-state index contributed by atoms with van der Waals surface area (Å²) in [6.07, 6.45) is 4.67. The van der Waals surface area contributed by atoms with Crippen molar-refractivity contribution in [1.82, 2.24) is 4.98 Å². The first-order valence-corrected chi connectivity index (χ1v) is 12.4. The molecule has 0 spiro atoms. The van der Waals surface area contributed by atoms with Gasteiger partial charge in [0, 0.05) is 17.1 Å². The lowest BCUT2D eigenvalue weighted by molar-refractivity contribution is 0.0994. The molecule has 4 nitrogen and oxygen atoms in total. The number of benzene rings is 1. The van der Waals surface area contributed by atoms with Gasteiger partial charge in [-0.1, -0.05) is 39.8 Å². The highest BCUT2D eigenvalue weighted by Crippen LogP contribution is 2.46. The number of aromatic nitrogens is 1. The number of fused-ring (bicyclic) bond motifs is 1. The number of furan rings is 1. The van der Waals surface area contributed by atoms with Gasteiger partial charge >= 0.3 is 0 Å². The number of anilines is 1. The quantitative estimate of drug-likeness (QED) is 0.356. The van der Waals surface area contributed by atoms with Gasteiger partial charge in [-0.25, -0.2) is 4.98 Å².